The Balaban J connectivity index is 2.20. The van der Waals surface area contributed by atoms with Crippen LogP contribution in [0.1, 0.15) is 0 Å². The molecule has 0 aliphatic carbocycles. The van der Waals surface area contributed by atoms with Crippen LogP contribution < -0.4 is 5.32 Å². The first-order valence-corrected chi connectivity index (χ1v) is 5.02. The number of halogens is 3. The molecule has 2 rings (SSSR count). The summed E-state index contributed by atoms with van der Waals surface area (Å²) in [5.41, 5.74) is 0. The van der Waals surface area contributed by atoms with Crippen molar-refractivity contribution in [1.82, 2.24) is 19.6 Å². The Bertz CT molecular complexity index is 520. The van der Waals surface area contributed by atoms with E-state index >= 15 is 0 Å². The van der Waals surface area contributed by atoms with E-state index in [4.69, 9.17) is 16.7 Å². The lowest BCUT2D eigenvalue weighted by Crippen LogP contribution is -2.27. The van der Waals surface area contributed by atoms with Crippen molar-refractivity contribution in [2.45, 2.75) is 12.5 Å². The molecule has 1 atom stereocenters. The van der Waals surface area contributed by atoms with Gasteiger partial charge in [0.1, 0.15) is 23.4 Å². The molecular weight excluding hydrogens is 256 g/mol. The van der Waals surface area contributed by atoms with Crippen LogP contribution >= 0.6 is 11.6 Å². The van der Waals surface area contributed by atoms with Crippen molar-refractivity contribution in [1.29, 1.82) is 0 Å². The Hall–Kier alpha value is -1.54. The number of alkyl halides is 2. The molecule has 2 aromatic heterocycles. The first kappa shape index (κ1) is 11.9. The summed E-state index contributed by atoms with van der Waals surface area (Å²) in [4.78, 5) is 7.67. The lowest BCUT2D eigenvalue weighted by atomic mass is 10.3. The van der Waals surface area contributed by atoms with Crippen molar-refractivity contribution >= 4 is 23.2 Å². The number of nitrogens with zero attached hydrogens (tertiary/aromatic N) is 4. The minimum atomic E-state index is -2.81. The molecule has 0 aliphatic heterocycles. The predicted octanol–water partition coefficient (Wildman–Crippen LogP) is 0.816. The molecule has 0 saturated carbocycles. The van der Waals surface area contributed by atoms with Gasteiger partial charge in [-0.15, -0.1) is 0 Å². The molecular formula is C8H8ClF2N5O. The second-order valence-electron chi connectivity index (χ2n) is 3.22. The number of rotatable bonds is 4. The third-order valence-electron chi connectivity index (χ3n) is 2.00. The van der Waals surface area contributed by atoms with E-state index in [-0.39, 0.29) is 17.5 Å². The van der Waals surface area contributed by atoms with Gasteiger partial charge in [0, 0.05) is 12.6 Å². The Morgan fingerprint density at radius 2 is 2.29 bits per heavy atom. The predicted molar refractivity (Wildman–Crippen MR) is 56.3 cm³/mol. The maximum atomic E-state index is 12.1. The Morgan fingerprint density at radius 1 is 1.53 bits per heavy atom. The molecule has 0 radical (unpaired) electrons. The van der Waals surface area contributed by atoms with Gasteiger partial charge in [-0.2, -0.15) is 19.6 Å². The molecule has 0 spiro atoms. The van der Waals surface area contributed by atoms with E-state index in [0.717, 1.165) is 0 Å². The molecule has 0 saturated heterocycles. The van der Waals surface area contributed by atoms with Gasteiger partial charge < -0.3 is 10.4 Å². The Kier molecular flexibility index (Phi) is 3.34. The highest BCUT2D eigenvalue weighted by Crippen LogP contribution is 2.14. The smallest absolute Gasteiger partial charge is 0.265 e. The first-order valence-electron chi connectivity index (χ1n) is 4.64. The van der Waals surface area contributed by atoms with Crippen LogP contribution in [0.2, 0.25) is 5.15 Å². The van der Waals surface area contributed by atoms with E-state index in [9.17, 15) is 8.78 Å². The quantitative estimate of drug-likeness (QED) is 0.799. The molecule has 6 nitrogen and oxygen atoms in total. The van der Waals surface area contributed by atoms with Crippen LogP contribution in [0.25, 0.3) is 5.78 Å². The summed E-state index contributed by atoms with van der Waals surface area (Å²) in [7, 11) is 0. The summed E-state index contributed by atoms with van der Waals surface area (Å²) in [5.74, 6) is 0.573. The van der Waals surface area contributed by atoms with Crippen molar-refractivity contribution in [2.24, 2.45) is 0 Å². The molecule has 2 heterocycles. The first-order chi connectivity index (χ1) is 8.08. The second kappa shape index (κ2) is 4.76. The zero-order valence-corrected chi connectivity index (χ0v) is 9.14. The fraction of sp³-hybridized carbons (Fsp3) is 0.375. The average Bonchev–Trinajstić information content (AvgIpc) is 2.72. The number of aliphatic hydroxyl groups is 1. The van der Waals surface area contributed by atoms with E-state index in [0.29, 0.717) is 5.82 Å². The highest BCUT2D eigenvalue weighted by Gasteiger charge is 2.17. The molecule has 1 unspecified atom stereocenters. The van der Waals surface area contributed by atoms with Crippen LogP contribution in [0, 0.1) is 0 Å². The van der Waals surface area contributed by atoms with Crippen molar-refractivity contribution < 1.29 is 13.9 Å². The van der Waals surface area contributed by atoms with Crippen molar-refractivity contribution in [3.8, 4) is 0 Å². The van der Waals surface area contributed by atoms with Gasteiger partial charge >= 0.3 is 0 Å². The monoisotopic (exact) mass is 263 g/mol. The fourth-order valence-corrected chi connectivity index (χ4v) is 1.39. The van der Waals surface area contributed by atoms with Gasteiger partial charge in [0.2, 0.25) is 0 Å². The van der Waals surface area contributed by atoms with Gasteiger partial charge in [-0.1, -0.05) is 11.6 Å². The van der Waals surface area contributed by atoms with E-state index in [2.05, 4.69) is 20.4 Å². The lowest BCUT2D eigenvalue weighted by molar-refractivity contribution is 0.00379. The van der Waals surface area contributed by atoms with Crippen LogP contribution in [0.15, 0.2) is 12.4 Å². The number of hydrogen-bond acceptors (Lipinski definition) is 5. The van der Waals surface area contributed by atoms with E-state index in [1.165, 1.54) is 16.9 Å². The van der Waals surface area contributed by atoms with Gasteiger partial charge in [-0.3, -0.25) is 0 Å². The summed E-state index contributed by atoms with van der Waals surface area (Å²) in [6.07, 6.45) is -3.32. The molecule has 2 N–H and O–H groups in total. The molecule has 2 aromatic rings. The number of aromatic nitrogens is 4. The third-order valence-corrected chi connectivity index (χ3v) is 2.20. The minimum Gasteiger partial charge on any atom is -0.385 e. The standard InChI is InChI=1S/C8H8ClF2N5O/c9-5-1-6(12-2-4(17)7(10)11)16-8(15-5)13-3-14-16/h1,3-4,7,12,17H,2H2. The maximum Gasteiger partial charge on any atom is 0.265 e. The molecule has 0 bridgehead atoms. The van der Waals surface area contributed by atoms with Crippen LogP contribution in [0.4, 0.5) is 14.6 Å². The maximum absolute atomic E-state index is 12.1. The van der Waals surface area contributed by atoms with Gasteiger partial charge in [0.05, 0.1) is 0 Å². The van der Waals surface area contributed by atoms with Crippen LogP contribution in [0.3, 0.4) is 0 Å². The summed E-state index contributed by atoms with van der Waals surface area (Å²) in [6.45, 7) is -0.326. The lowest BCUT2D eigenvalue weighted by Gasteiger charge is -2.12. The molecule has 0 amide bonds. The van der Waals surface area contributed by atoms with Crippen LogP contribution in [-0.2, 0) is 0 Å². The van der Waals surface area contributed by atoms with Crippen molar-refractivity contribution in [2.75, 3.05) is 11.9 Å². The topological polar surface area (TPSA) is 75.3 Å². The number of anilines is 1. The highest BCUT2D eigenvalue weighted by molar-refractivity contribution is 6.29. The molecule has 9 heteroatoms. The third kappa shape index (κ3) is 2.59. The number of hydrogen-bond donors (Lipinski definition) is 2. The normalized spacial score (nSPS) is 13.2. The summed E-state index contributed by atoms with van der Waals surface area (Å²) in [6, 6.07) is 1.40. The summed E-state index contributed by atoms with van der Waals surface area (Å²) in [5, 5.41) is 15.6. The van der Waals surface area contributed by atoms with Gasteiger partial charge in [-0.05, 0) is 0 Å². The molecule has 92 valence electrons. The summed E-state index contributed by atoms with van der Waals surface area (Å²) >= 11 is 5.72. The van der Waals surface area contributed by atoms with Crippen molar-refractivity contribution in [3.63, 3.8) is 0 Å². The zero-order valence-electron chi connectivity index (χ0n) is 8.39. The second-order valence-corrected chi connectivity index (χ2v) is 3.61. The largest absolute Gasteiger partial charge is 0.385 e. The molecule has 0 aromatic carbocycles. The van der Waals surface area contributed by atoms with Gasteiger partial charge in [0.25, 0.3) is 12.2 Å². The molecule has 0 fully saturated rings. The Morgan fingerprint density at radius 3 is 3.00 bits per heavy atom. The number of aliphatic hydroxyl groups excluding tert-OH is 1. The SMILES string of the molecule is OC(CNc1cc(Cl)nc2ncnn12)C(F)F. The van der Waals surface area contributed by atoms with E-state index in [1.807, 2.05) is 0 Å². The van der Waals surface area contributed by atoms with Crippen molar-refractivity contribution in [3.05, 3.63) is 17.5 Å². The fourth-order valence-electron chi connectivity index (χ4n) is 1.21. The van der Waals surface area contributed by atoms with Gasteiger partial charge in [0.15, 0.2) is 0 Å². The van der Waals surface area contributed by atoms with Gasteiger partial charge in [-0.25, -0.2) is 8.78 Å². The van der Waals surface area contributed by atoms with E-state index in [1.54, 1.807) is 0 Å². The summed E-state index contributed by atoms with van der Waals surface area (Å²) < 4.78 is 25.5. The average molecular weight is 264 g/mol. The highest BCUT2D eigenvalue weighted by atomic mass is 35.5. The van der Waals surface area contributed by atoms with Crippen LogP contribution in [-0.4, -0.2) is 43.8 Å². The minimum absolute atomic E-state index is 0.152. The Labute approximate surface area is 99.3 Å². The number of fused-ring (bicyclic) bond motifs is 1. The zero-order chi connectivity index (χ0) is 12.4. The molecule has 17 heavy (non-hydrogen) atoms. The molecule has 0 aliphatic rings. The van der Waals surface area contributed by atoms with E-state index < -0.39 is 12.5 Å². The number of nitrogens with one attached hydrogen (secondary N) is 1. The van der Waals surface area contributed by atoms with Crippen LogP contribution in [0.5, 0.6) is 0 Å².